The largest absolute Gasteiger partial charge is 0.345 e. The maximum absolute atomic E-state index is 12.9. The van der Waals surface area contributed by atoms with Crippen molar-refractivity contribution in [3.8, 4) is 0 Å². The van der Waals surface area contributed by atoms with E-state index in [-0.39, 0.29) is 24.9 Å². The van der Waals surface area contributed by atoms with Gasteiger partial charge in [-0.1, -0.05) is 49.4 Å². The van der Waals surface area contributed by atoms with Gasteiger partial charge in [0, 0.05) is 19.2 Å². The van der Waals surface area contributed by atoms with Gasteiger partial charge in [0.2, 0.25) is 11.8 Å². The molecular formula is C25H28N4O2. The van der Waals surface area contributed by atoms with Crippen LogP contribution in [0.3, 0.4) is 0 Å². The molecule has 1 aliphatic rings. The summed E-state index contributed by atoms with van der Waals surface area (Å²) in [6.07, 6.45) is 5.39. The van der Waals surface area contributed by atoms with Crippen LogP contribution in [-0.4, -0.2) is 39.4 Å². The minimum absolute atomic E-state index is 0.103. The molecule has 2 aromatic carbocycles. The van der Waals surface area contributed by atoms with Gasteiger partial charge in [-0.2, -0.15) is 0 Å². The second kappa shape index (κ2) is 9.60. The first kappa shape index (κ1) is 20.8. The number of benzene rings is 2. The Kier molecular flexibility index (Phi) is 6.46. The van der Waals surface area contributed by atoms with E-state index in [1.165, 1.54) is 6.08 Å². The number of hydrogen-bond donors (Lipinski definition) is 1. The van der Waals surface area contributed by atoms with Gasteiger partial charge in [-0.15, -0.1) is 0 Å². The van der Waals surface area contributed by atoms with Gasteiger partial charge in [0.25, 0.3) is 0 Å². The molecule has 0 aliphatic carbocycles. The van der Waals surface area contributed by atoms with Crippen molar-refractivity contribution in [2.24, 2.45) is 5.92 Å². The molecule has 1 saturated heterocycles. The molecule has 1 aliphatic heterocycles. The van der Waals surface area contributed by atoms with E-state index >= 15 is 0 Å². The molecule has 2 amide bonds. The number of aromatic nitrogens is 2. The lowest BCUT2D eigenvalue weighted by molar-refractivity contribution is -0.133. The molecule has 0 bridgehead atoms. The summed E-state index contributed by atoms with van der Waals surface area (Å²) >= 11 is 0. The van der Waals surface area contributed by atoms with Crippen LogP contribution in [0.5, 0.6) is 0 Å². The van der Waals surface area contributed by atoms with E-state index in [1.807, 2.05) is 64.1 Å². The number of carbonyl (C=O) groups is 2. The molecular weight excluding hydrogens is 388 g/mol. The van der Waals surface area contributed by atoms with Crippen LogP contribution in [0.4, 0.5) is 0 Å². The first-order valence-electron chi connectivity index (χ1n) is 10.8. The molecule has 160 valence electrons. The predicted octanol–water partition coefficient (Wildman–Crippen LogP) is 3.62. The molecule has 0 radical (unpaired) electrons. The molecule has 1 fully saturated rings. The quantitative estimate of drug-likeness (QED) is 0.624. The summed E-state index contributed by atoms with van der Waals surface area (Å²) < 4.78 is 1.93. The van der Waals surface area contributed by atoms with Crippen LogP contribution in [0.1, 0.15) is 31.2 Å². The highest BCUT2D eigenvalue weighted by Crippen LogP contribution is 2.19. The molecule has 2 heterocycles. The number of para-hydroxylation sites is 2. The number of carbonyl (C=O) groups excluding carboxylic acids is 2. The summed E-state index contributed by atoms with van der Waals surface area (Å²) in [6.45, 7) is 4.35. The molecule has 1 N–H and O–H groups in total. The highest BCUT2D eigenvalue weighted by molar-refractivity contribution is 5.91. The zero-order valence-electron chi connectivity index (χ0n) is 17.8. The average molecular weight is 417 g/mol. The lowest BCUT2D eigenvalue weighted by atomic mass is 9.99. The Labute approximate surface area is 182 Å². The molecule has 6 nitrogen and oxygen atoms in total. The molecule has 6 heteroatoms. The third kappa shape index (κ3) is 5.20. The topological polar surface area (TPSA) is 67.2 Å². The van der Waals surface area contributed by atoms with E-state index < -0.39 is 0 Å². The van der Waals surface area contributed by atoms with Gasteiger partial charge >= 0.3 is 0 Å². The molecule has 4 rings (SSSR count). The average Bonchev–Trinajstić information content (AvgIpc) is 3.14. The van der Waals surface area contributed by atoms with Crippen molar-refractivity contribution < 1.29 is 9.59 Å². The van der Waals surface area contributed by atoms with Crippen LogP contribution in [0.25, 0.3) is 17.1 Å². The van der Waals surface area contributed by atoms with Crippen molar-refractivity contribution in [3.63, 3.8) is 0 Å². The second-order valence-corrected chi connectivity index (χ2v) is 8.13. The number of likely N-dealkylation sites (tertiary alicyclic amines) is 1. The Morgan fingerprint density at radius 3 is 2.55 bits per heavy atom. The van der Waals surface area contributed by atoms with Crippen molar-refractivity contribution in [2.75, 3.05) is 13.1 Å². The fourth-order valence-corrected chi connectivity index (χ4v) is 3.89. The monoisotopic (exact) mass is 416 g/mol. The first-order chi connectivity index (χ1) is 15.1. The van der Waals surface area contributed by atoms with Crippen LogP contribution < -0.4 is 5.32 Å². The van der Waals surface area contributed by atoms with Gasteiger partial charge < -0.3 is 14.8 Å². The molecule has 3 aromatic rings. The summed E-state index contributed by atoms with van der Waals surface area (Å²) in [5, 5.41) is 2.90. The summed E-state index contributed by atoms with van der Waals surface area (Å²) in [7, 11) is 0. The van der Waals surface area contributed by atoms with Gasteiger partial charge in [0.1, 0.15) is 12.4 Å². The smallest absolute Gasteiger partial charge is 0.244 e. The van der Waals surface area contributed by atoms with E-state index in [4.69, 9.17) is 0 Å². The standard InChI is InChI=1S/C25H28N4O2/c1-19-13-15-28(16-14-19)25(31)18-29-22-10-6-5-9-21(22)27-23(29)17-26-24(30)12-11-20-7-3-2-4-8-20/h2-12,19H,13-18H2,1H3,(H,26,30)/b12-11-. The van der Waals surface area contributed by atoms with E-state index in [9.17, 15) is 9.59 Å². The molecule has 1 aromatic heterocycles. The Bertz CT molecular complexity index is 1080. The van der Waals surface area contributed by atoms with Crippen LogP contribution in [0.15, 0.2) is 60.7 Å². The van der Waals surface area contributed by atoms with Crippen molar-refractivity contribution in [2.45, 2.75) is 32.9 Å². The zero-order valence-corrected chi connectivity index (χ0v) is 17.8. The number of nitrogens with one attached hydrogen (secondary N) is 1. The van der Waals surface area contributed by atoms with E-state index in [2.05, 4.69) is 17.2 Å². The van der Waals surface area contributed by atoms with E-state index in [0.717, 1.165) is 42.5 Å². The highest BCUT2D eigenvalue weighted by Gasteiger charge is 2.22. The van der Waals surface area contributed by atoms with Crippen molar-refractivity contribution in [1.29, 1.82) is 0 Å². The minimum Gasteiger partial charge on any atom is -0.345 e. The minimum atomic E-state index is -0.196. The number of amides is 2. The SMILES string of the molecule is CC1CCN(C(=O)Cn2c(CNC(=O)/C=C\c3ccccc3)nc3ccccc32)CC1. The second-order valence-electron chi connectivity index (χ2n) is 8.13. The first-order valence-corrected chi connectivity index (χ1v) is 10.8. The maximum atomic E-state index is 12.9. The van der Waals surface area contributed by atoms with Crippen molar-refractivity contribution in [1.82, 2.24) is 19.8 Å². The number of rotatable bonds is 6. The normalized spacial score (nSPS) is 14.9. The summed E-state index contributed by atoms with van der Waals surface area (Å²) in [5.41, 5.74) is 2.70. The molecule has 0 atom stereocenters. The Morgan fingerprint density at radius 2 is 1.77 bits per heavy atom. The summed E-state index contributed by atoms with van der Waals surface area (Å²) in [4.78, 5) is 31.9. The number of imidazole rings is 1. The van der Waals surface area contributed by atoms with Crippen LogP contribution in [0.2, 0.25) is 0 Å². The van der Waals surface area contributed by atoms with Gasteiger partial charge in [-0.3, -0.25) is 9.59 Å². The lowest BCUT2D eigenvalue weighted by Gasteiger charge is -2.30. The van der Waals surface area contributed by atoms with Crippen LogP contribution >= 0.6 is 0 Å². The molecule has 0 saturated carbocycles. The van der Waals surface area contributed by atoms with Crippen molar-refractivity contribution in [3.05, 3.63) is 72.1 Å². The molecule has 31 heavy (non-hydrogen) atoms. The fraction of sp³-hybridized carbons (Fsp3) is 0.320. The van der Waals surface area contributed by atoms with Crippen LogP contribution in [0, 0.1) is 5.92 Å². The van der Waals surface area contributed by atoms with E-state index in [1.54, 1.807) is 6.08 Å². The van der Waals surface area contributed by atoms with Gasteiger partial charge in [0.05, 0.1) is 17.6 Å². The number of piperidine rings is 1. The maximum Gasteiger partial charge on any atom is 0.244 e. The molecule has 0 unspecified atom stereocenters. The Balaban J connectivity index is 1.46. The lowest BCUT2D eigenvalue weighted by Crippen LogP contribution is -2.40. The zero-order chi connectivity index (χ0) is 21.6. The number of fused-ring (bicyclic) bond motifs is 1. The van der Waals surface area contributed by atoms with Gasteiger partial charge in [-0.25, -0.2) is 4.98 Å². The summed E-state index contributed by atoms with van der Waals surface area (Å²) in [5.74, 6) is 1.26. The Hall–Kier alpha value is -3.41. The predicted molar refractivity (Wildman–Crippen MR) is 122 cm³/mol. The number of hydrogen-bond acceptors (Lipinski definition) is 3. The summed E-state index contributed by atoms with van der Waals surface area (Å²) in [6, 6.07) is 17.4. The third-order valence-electron chi connectivity index (χ3n) is 5.81. The van der Waals surface area contributed by atoms with Crippen LogP contribution in [-0.2, 0) is 22.7 Å². The fourth-order valence-electron chi connectivity index (χ4n) is 3.89. The highest BCUT2D eigenvalue weighted by atomic mass is 16.2. The number of nitrogens with zero attached hydrogens (tertiary/aromatic N) is 3. The van der Waals surface area contributed by atoms with Gasteiger partial charge in [0.15, 0.2) is 0 Å². The Morgan fingerprint density at radius 1 is 1.06 bits per heavy atom. The molecule has 0 spiro atoms. The van der Waals surface area contributed by atoms with Gasteiger partial charge in [-0.05, 0) is 42.5 Å². The van der Waals surface area contributed by atoms with E-state index in [0.29, 0.717) is 11.7 Å². The third-order valence-corrected chi connectivity index (χ3v) is 5.81. The van der Waals surface area contributed by atoms with Crippen molar-refractivity contribution >= 4 is 28.9 Å².